The number of hydrogen-bond acceptors (Lipinski definition) is 3. The van der Waals surface area contributed by atoms with Crippen molar-refractivity contribution in [3.8, 4) is 6.07 Å². The fourth-order valence-corrected chi connectivity index (χ4v) is 1.91. The van der Waals surface area contributed by atoms with Gasteiger partial charge in [-0.15, -0.1) is 11.6 Å². The van der Waals surface area contributed by atoms with Crippen molar-refractivity contribution in [3.63, 3.8) is 0 Å². The Hall–Kier alpha value is -1.28. The molecule has 1 amide bonds. The van der Waals surface area contributed by atoms with E-state index in [-0.39, 0.29) is 5.71 Å². The van der Waals surface area contributed by atoms with Gasteiger partial charge in [0.25, 0.3) is 5.91 Å². The van der Waals surface area contributed by atoms with Crippen LogP contribution in [0.25, 0.3) is 0 Å². The number of benzene rings is 1. The molecule has 1 aromatic rings. The monoisotopic (exact) mass is 301 g/mol. The summed E-state index contributed by atoms with van der Waals surface area (Å²) >= 11 is 17.6. The average molecular weight is 303 g/mol. The van der Waals surface area contributed by atoms with Crippen LogP contribution in [0.5, 0.6) is 0 Å². The van der Waals surface area contributed by atoms with Crippen LogP contribution in [-0.4, -0.2) is 16.5 Å². The molecule has 0 radical (unpaired) electrons. The fraction of sp³-hybridized carbons (Fsp3) is 0.182. The molecule has 1 aliphatic rings. The lowest BCUT2D eigenvalue weighted by Crippen LogP contribution is -2.38. The highest BCUT2D eigenvalue weighted by molar-refractivity contribution is 6.52. The SMILES string of the molecule is CC1(Cl)C(=O)N(c2ccc(Cl)c(Cl)c2)N=C1C#N. The number of carbonyl (C=O) groups excluding carboxylic acids is 1. The lowest BCUT2D eigenvalue weighted by molar-refractivity contribution is -0.118. The Morgan fingerprint density at radius 1 is 1.39 bits per heavy atom. The van der Waals surface area contributed by atoms with Crippen molar-refractivity contribution in [2.75, 3.05) is 5.01 Å². The molecule has 1 aromatic carbocycles. The molecule has 0 fully saturated rings. The third kappa shape index (κ3) is 1.95. The van der Waals surface area contributed by atoms with Crippen molar-refractivity contribution in [2.24, 2.45) is 5.10 Å². The molecule has 1 aliphatic heterocycles. The van der Waals surface area contributed by atoms with Crippen molar-refractivity contribution in [1.82, 2.24) is 0 Å². The first-order valence-electron chi connectivity index (χ1n) is 4.85. The summed E-state index contributed by atoms with van der Waals surface area (Å²) in [5.74, 6) is -0.501. The number of nitrogens with zero attached hydrogens (tertiary/aromatic N) is 3. The quantitative estimate of drug-likeness (QED) is 0.748. The number of rotatable bonds is 1. The maximum atomic E-state index is 12.0. The van der Waals surface area contributed by atoms with Crippen LogP contribution >= 0.6 is 34.8 Å². The van der Waals surface area contributed by atoms with Crippen LogP contribution in [0.15, 0.2) is 23.3 Å². The smallest absolute Gasteiger partial charge is 0.270 e. The number of alkyl halides is 1. The van der Waals surface area contributed by atoms with E-state index in [2.05, 4.69) is 5.10 Å². The van der Waals surface area contributed by atoms with Gasteiger partial charge in [0.2, 0.25) is 0 Å². The summed E-state index contributed by atoms with van der Waals surface area (Å²) in [5, 5.41) is 14.5. The van der Waals surface area contributed by atoms with E-state index in [4.69, 9.17) is 40.1 Å². The van der Waals surface area contributed by atoms with Gasteiger partial charge in [-0.1, -0.05) is 23.2 Å². The molecule has 2 rings (SSSR count). The zero-order chi connectivity index (χ0) is 13.5. The van der Waals surface area contributed by atoms with Gasteiger partial charge in [0, 0.05) is 0 Å². The molecule has 92 valence electrons. The van der Waals surface area contributed by atoms with Crippen molar-refractivity contribution < 1.29 is 4.79 Å². The molecule has 0 aromatic heterocycles. The minimum atomic E-state index is -1.44. The predicted octanol–water partition coefficient (Wildman–Crippen LogP) is 3.22. The van der Waals surface area contributed by atoms with Gasteiger partial charge in [0.1, 0.15) is 6.07 Å². The molecule has 1 unspecified atom stereocenters. The van der Waals surface area contributed by atoms with E-state index in [1.165, 1.54) is 19.1 Å². The first-order chi connectivity index (χ1) is 8.37. The average Bonchev–Trinajstić information content (AvgIpc) is 2.55. The lowest BCUT2D eigenvalue weighted by Gasteiger charge is -2.16. The van der Waals surface area contributed by atoms with E-state index in [1.54, 1.807) is 12.1 Å². The zero-order valence-electron chi connectivity index (χ0n) is 9.12. The second-order valence-electron chi connectivity index (χ2n) is 3.78. The Balaban J connectivity index is 2.48. The predicted molar refractivity (Wildman–Crippen MR) is 71.3 cm³/mol. The molecule has 0 aliphatic carbocycles. The Morgan fingerprint density at radius 3 is 2.56 bits per heavy atom. The van der Waals surface area contributed by atoms with E-state index < -0.39 is 10.8 Å². The number of halogens is 3. The summed E-state index contributed by atoms with van der Waals surface area (Å²) in [6.45, 7) is 1.43. The summed E-state index contributed by atoms with van der Waals surface area (Å²) in [7, 11) is 0. The van der Waals surface area contributed by atoms with Gasteiger partial charge in [-0.3, -0.25) is 4.79 Å². The van der Waals surface area contributed by atoms with E-state index in [0.717, 1.165) is 5.01 Å². The number of carbonyl (C=O) groups is 1. The van der Waals surface area contributed by atoms with Crippen molar-refractivity contribution in [1.29, 1.82) is 5.26 Å². The number of amides is 1. The third-order valence-electron chi connectivity index (χ3n) is 2.49. The summed E-state index contributed by atoms with van der Waals surface area (Å²) in [6.07, 6.45) is 0. The van der Waals surface area contributed by atoms with E-state index in [1.807, 2.05) is 0 Å². The maximum absolute atomic E-state index is 12.0. The van der Waals surface area contributed by atoms with Gasteiger partial charge in [0.05, 0.1) is 15.7 Å². The van der Waals surface area contributed by atoms with Crippen LogP contribution in [0.2, 0.25) is 10.0 Å². The highest BCUT2D eigenvalue weighted by Crippen LogP contribution is 2.33. The van der Waals surface area contributed by atoms with Gasteiger partial charge in [-0.2, -0.15) is 15.4 Å². The van der Waals surface area contributed by atoms with Crippen LogP contribution in [0.1, 0.15) is 6.92 Å². The van der Waals surface area contributed by atoms with Crippen LogP contribution < -0.4 is 5.01 Å². The molecule has 0 bridgehead atoms. The van der Waals surface area contributed by atoms with Crippen LogP contribution in [0.3, 0.4) is 0 Å². The van der Waals surface area contributed by atoms with Crippen LogP contribution in [-0.2, 0) is 4.79 Å². The number of anilines is 1. The molecule has 1 atom stereocenters. The van der Waals surface area contributed by atoms with E-state index in [0.29, 0.717) is 15.7 Å². The Bertz CT molecular complexity index is 604. The van der Waals surface area contributed by atoms with Gasteiger partial charge in [0.15, 0.2) is 10.6 Å². The van der Waals surface area contributed by atoms with Gasteiger partial charge < -0.3 is 0 Å². The number of nitriles is 1. The van der Waals surface area contributed by atoms with E-state index in [9.17, 15) is 4.79 Å². The molecule has 18 heavy (non-hydrogen) atoms. The molecule has 0 spiro atoms. The molecule has 1 heterocycles. The third-order valence-corrected chi connectivity index (χ3v) is 3.57. The first kappa shape index (κ1) is 13.2. The Kier molecular flexibility index (Phi) is 3.24. The largest absolute Gasteiger partial charge is 0.275 e. The lowest BCUT2D eigenvalue weighted by atomic mass is 10.1. The second-order valence-corrected chi connectivity index (χ2v) is 5.35. The van der Waals surface area contributed by atoms with Crippen LogP contribution in [0.4, 0.5) is 5.69 Å². The molecular formula is C11H6Cl3N3O. The summed E-state index contributed by atoms with van der Waals surface area (Å²) in [6, 6.07) is 6.40. The molecule has 0 saturated carbocycles. The van der Waals surface area contributed by atoms with Crippen LogP contribution in [0, 0.1) is 11.3 Å². The molecule has 0 saturated heterocycles. The minimum absolute atomic E-state index is 0.0553. The molecule has 7 heteroatoms. The topological polar surface area (TPSA) is 56.5 Å². The van der Waals surface area contributed by atoms with Gasteiger partial charge in [-0.05, 0) is 25.1 Å². The fourth-order valence-electron chi connectivity index (χ4n) is 1.46. The second kappa shape index (κ2) is 4.43. The first-order valence-corrected chi connectivity index (χ1v) is 5.99. The maximum Gasteiger partial charge on any atom is 0.275 e. The Labute approximate surface area is 118 Å². The number of hydrogen-bond donors (Lipinski definition) is 0. The normalized spacial score (nSPS) is 22.9. The summed E-state index contributed by atoms with van der Waals surface area (Å²) in [4.78, 5) is 10.6. The van der Waals surface area contributed by atoms with E-state index >= 15 is 0 Å². The van der Waals surface area contributed by atoms with Crippen molar-refractivity contribution in [3.05, 3.63) is 28.2 Å². The highest BCUT2D eigenvalue weighted by atomic mass is 35.5. The standard InChI is InChI=1S/C11H6Cl3N3O/c1-11(14)9(5-15)16-17(10(11)18)6-2-3-7(12)8(13)4-6/h2-4H,1H3. The van der Waals surface area contributed by atoms with Gasteiger partial charge >= 0.3 is 0 Å². The minimum Gasteiger partial charge on any atom is -0.270 e. The zero-order valence-corrected chi connectivity index (χ0v) is 11.4. The molecule has 4 nitrogen and oxygen atoms in total. The highest BCUT2D eigenvalue weighted by Gasteiger charge is 2.46. The summed E-state index contributed by atoms with van der Waals surface area (Å²) in [5.41, 5.74) is 0.353. The van der Waals surface area contributed by atoms with Gasteiger partial charge in [-0.25, -0.2) is 0 Å². The molecular weight excluding hydrogens is 297 g/mol. The molecule has 0 N–H and O–H groups in total. The van der Waals surface area contributed by atoms with Crippen molar-refractivity contribution >= 4 is 52.1 Å². The summed E-state index contributed by atoms with van der Waals surface area (Å²) < 4.78 is 0. The Morgan fingerprint density at radius 2 is 2.06 bits per heavy atom. The number of hydrazone groups is 1. The van der Waals surface area contributed by atoms with Crippen molar-refractivity contribution in [2.45, 2.75) is 11.8 Å².